The van der Waals surface area contributed by atoms with Crippen LogP contribution in [0.2, 0.25) is 0 Å². The van der Waals surface area contributed by atoms with Gasteiger partial charge in [-0.05, 0) is 10.9 Å². The summed E-state index contributed by atoms with van der Waals surface area (Å²) in [5.74, 6) is 0. The predicted octanol–water partition coefficient (Wildman–Crippen LogP) is 4.46. The van der Waals surface area contributed by atoms with Crippen molar-refractivity contribution in [2.45, 2.75) is 25.0 Å². The van der Waals surface area contributed by atoms with E-state index in [1.807, 2.05) is 68.4 Å². The summed E-state index contributed by atoms with van der Waals surface area (Å²) in [6, 6.07) is 20.6. The van der Waals surface area contributed by atoms with Crippen LogP contribution in [-0.4, -0.2) is 16.3 Å². The van der Waals surface area contributed by atoms with Crippen molar-refractivity contribution in [3.63, 3.8) is 0 Å². The predicted molar refractivity (Wildman–Crippen MR) is 97.8 cm³/mol. The average molecular weight is 333 g/mol. The monoisotopic (exact) mass is 333 g/mol. The number of aliphatic hydroxyl groups is 1. The lowest BCUT2D eigenvalue weighted by atomic mass is 9.74. The molecule has 0 bridgehead atoms. The Kier molecular flexibility index (Phi) is 3.18. The minimum Gasteiger partial charge on any atom is -0.465 e. The van der Waals surface area contributed by atoms with Gasteiger partial charge in [0.2, 0.25) is 0 Å². The van der Waals surface area contributed by atoms with E-state index in [1.54, 1.807) is 12.1 Å². The number of rotatable bonds is 1. The molecule has 3 aromatic carbocycles. The van der Waals surface area contributed by atoms with Crippen LogP contribution < -0.4 is 4.90 Å². The van der Waals surface area contributed by atoms with Crippen LogP contribution in [0.15, 0.2) is 66.7 Å². The number of amides is 1. The lowest BCUT2D eigenvalue weighted by Gasteiger charge is -2.41. The molecule has 1 aliphatic heterocycles. The zero-order chi connectivity index (χ0) is 17.8. The van der Waals surface area contributed by atoms with Crippen LogP contribution >= 0.6 is 0 Å². The van der Waals surface area contributed by atoms with Crippen molar-refractivity contribution in [2.75, 3.05) is 4.90 Å². The van der Waals surface area contributed by atoms with Crippen LogP contribution in [0.5, 0.6) is 0 Å². The largest absolute Gasteiger partial charge is 0.465 e. The van der Waals surface area contributed by atoms with E-state index < -0.39 is 17.2 Å². The maximum atomic E-state index is 12.3. The van der Waals surface area contributed by atoms with Crippen LogP contribution in [0.3, 0.4) is 0 Å². The van der Waals surface area contributed by atoms with Crippen molar-refractivity contribution in [1.82, 2.24) is 0 Å². The van der Waals surface area contributed by atoms with Gasteiger partial charge in [-0.2, -0.15) is 0 Å². The Hall–Kier alpha value is -2.85. The average Bonchev–Trinajstić information content (AvgIpc) is 2.80. The van der Waals surface area contributed by atoms with Crippen LogP contribution in [0.25, 0.3) is 10.8 Å². The topological polar surface area (TPSA) is 60.8 Å². The minimum atomic E-state index is -1.69. The second kappa shape index (κ2) is 5.07. The maximum absolute atomic E-state index is 12.3. The van der Waals surface area contributed by atoms with Crippen LogP contribution in [-0.2, 0) is 11.1 Å². The first kappa shape index (κ1) is 15.7. The van der Waals surface area contributed by atoms with Gasteiger partial charge in [-0.15, -0.1) is 0 Å². The highest BCUT2D eigenvalue weighted by Gasteiger charge is 2.60. The van der Waals surface area contributed by atoms with Gasteiger partial charge in [0.1, 0.15) is 0 Å². The first-order chi connectivity index (χ1) is 11.9. The minimum absolute atomic E-state index is 0.557. The molecule has 4 rings (SSSR count). The molecule has 4 nitrogen and oxygen atoms in total. The fraction of sp³-hybridized carbons (Fsp3) is 0.190. The third-order valence-corrected chi connectivity index (χ3v) is 5.36. The van der Waals surface area contributed by atoms with E-state index in [-0.39, 0.29) is 0 Å². The summed E-state index contributed by atoms with van der Waals surface area (Å²) < 4.78 is 0. The molecule has 0 aliphatic carbocycles. The van der Waals surface area contributed by atoms with Gasteiger partial charge in [0.25, 0.3) is 0 Å². The molecule has 2 N–H and O–H groups in total. The lowest BCUT2D eigenvalue weighted by Crippen LogP contribution is -2.55. The Bertz CT molecular complexity index is 981. The van der Waals surface area contributed by atoms with E-state index in [9.17, 15) is 15.0 Å². The number of nitrogens with zero attached hydrogens (tertiary/aromatic N) is 1. The first-order valence-electron chi connectivity index (χ1n) is 8.22. The van der Waals surface area contributed by atoms with Gasteiger partial charge in [-0.3, -0.25) is 0 Å². The first-order valence-corrected chi connectivity index (χ1v) is 8.22. The van der Waals surface area contributed by atoms with E-state index in [1.165, 1.54) is 0 Å². The highest BCUT2D eigenvalue weighted by Crippen LogP contribution is 2.57. The van der Waals surface area contributed by atoms with Crippen molar-refractivity contribution >= 4 is 22.6 Å². The molecule has 1 amide bonds. The van der Waals surface area contributed by atoms with Crippen molar-refractivity contribution < 1.29 is 15.0 Å². The molecular formula is C21H19NO3. The quantitative estimate of drug-likeness (QED) is 0.691. The molecule has 0 fully saturated rings. The van der Waals surface area contributed by atoms with Crippen molar-refractivity contribution in [3.05, 3.63) is 77.9 Å². The van der Waals surface area contributed by atoms with Gasteiger partial charge >= 0.3 is 6.09 Å². The highest BCUT2D eigenvalue weighted by molar-refractivity contribution is 6.05. The lowest BCUT2D eigenvalue weighted by molar-refractivity contribution is -0.0193. The molecular weight excluding hydrogens is 314 g/mol. The zero-order valence-corrected chi connectivity index (χ0v) is 14.1. The number of carboxylic acid groups (broad SMARTS) is 1. The smallest absolute Gasteiger partial charge is 0.414 e. The normalized spacial score (nSPS) is 21.3. The molecule has 1 heterocycles. The third-order valence-electron chi connectivity index (χ3n) is 5.36. The summed E-state index contributed by atoms with van der Waals surface area (Å²) >= 11 is 0. The molecule has 0 saturated carbocycles. The van der Waals surface area contributed by atoms with E-state index in [0.29, 0.717) is 11.3 Å². The Morgan fingerprint density at radius 1 is 0.920 bits per heavy atom. The van der Waals surface area contributed by atoms with Crippen LogP contribution in [0, 0.1) is 0 Å². The van der Waals surface area contributed by atoms with Crippen molar-refractivity contribution in [2.24, 2.45) is 0 Å². The van der Waals surface area contributed by atoms with Gasteiger partial charge in [0.15, 0.2) is 5.72 Å². The number of hydrogen-bond acceptors (Lipinski definition) is 2. The summed E-state index contributed by atoms with van der Waals surface area (Å²) in [5.41, 5.74) is -0.567. The highest BCUT2D eigenvalue weighted by atomic mass is 16.4. The van der Waals surface area contributed by atoms with Gasteiger partial charge in [0, 0.05) is 16.4 Å². The fourth-order valence-corrected chi connectivity index (χ4v) is 4.02. The molecule has 0 spiro atoms. The molecule has 0 radical (unpaired) electrons. The Balaban J connectivity index is 2.12. The Labute approximate surface area is 145 Å². The Morgan fingerprint density at radius 3 is 2.24 bits per heavy atom. The SMILES string of the molecule is CC1(C)c2ccc3ccccc3c2N(C(=O)O)C1(O)c1ccccc1. The van der Waals surface area contributed by atoms with Gasteiger partial charge in [-0.1, -0.05) is 80.6 Å². The van der Waals surface area contributed by atoms with Gasteiger partial charge < -0.3 is 10.2 Å². The molecule has 126 valence electrons. The molecule has 25 heavy (non-hydrogen) atoms. The summed E-state index contributed by atoms with van der Waals surface area (Å²) in [5, 5.41) is 23.5. The summed E-state index contributed by atoms with van der Waals surface area (Å²) in [7, 11) is 0. The number of carbonyl (C=O) groups is 1. The van der Waals surface area contributed by atoms with Crippen molar-refractivity contribution in [3.8, 4) is 0 Å². The molecule has 0 aromatic heterocycles. The van der Waals surface area contributed by atoms with E-state index in [4.69, 9.17) is 0 Å². The summed E-state index contributed by atoms with van der Waals surface area (Å²) in [6.45, 7) is 3.77. The number of benzene rings is 3. The maximum Gasteiger partial charge on any atom is 0.414 e. The standard InChI is InChI=1S/C21H19NO3/c1-20(2)17-13-12-14-8-6-7-11-16(14)18(17)22(19(23)24)21(20,25)15-9-4-3-5-10-15/h3-13,25H,1-2H3,(H,23,24). The van der Waals surface area contributed by atoms with Crippen LogP contribution in [0.4, 0.5) is 10.5 Å². The summed E-state index contributed by atoms with van der Waals surface area (Å²) in [6.07, 6.45) is -1.17. The molecule has 0 saturated heterocycles. The molecule has 4 heteroatoms. The van der Waals surface area contributed by atoms with Crippen molar-refractivity contribution in [1.29, 1.82) is 0 Å². The van der Waals surface area contributed by atoms with Crippen LogP contribution in [0.1, 0.15) is 25.0 Å². The fourth-order valence-electron chi connectivity index (χ4n) is 4.02. The zero-order valence-electron chi connectivity index (χ0n) is 14.1. The summed E-state index contributed by atoms with van der Waals surface area (Å²) in [4.78, 5) is 13.4. The third kappa shape index (κ3) is 1.88. The number of hydrogen-bond donors (Lipinski definition) is 2. The molecule has 1 aliphatic rings. The molecule has 3 aromatic rings. The molecule has 1 atom stereocenters. The van der Waals surface area contributed by atoms with E-state index >= 15 is 0 Å². The van der Waals surface area contributed by atoms with Gasteiger partial charge in [0.05, 0.1) is 5.69 Å². The number of fused-ring (bicyclic) bond motifs is 3. The van der Waals surface area contributed by atoms with E-state index in [2.05, 4.69) is 0 Å². The van der Waals surface area contributed by atoms with E-state index in [0.717, 1.165) is 21.2 Å². The Morgan fingerprint density at radius 2 is 1.56 bits per heavy atom. The molecule has 1 unspecified atom stereocenters. The second-order valence-electron chi connectivity index (χ2n) is 6.96. The second-order valence-corrected chi connectivity index (χ2v) is 6.96. The number of anilines is 1. The van der Waals surface area contributed by atoms with Gasteiger partial charge in [-0.25, -0.2) is 9.69 Å².